The van der Waals surface area contributed by atoms with Gasteiger partial charge in [-0.25, -0.2) is 0 Å². The summed E-state index contributed by atoms with van der Waals surface area (Å²) < 4.78 is 35.7. The van der Waals surface area contributed by atoms with Crippen molar-refractivity contribution in [2.45, 2.75) is 6.18 Å². The number of rotatable bonds is 2. The van der Waals surface area contributed by atoms with E-state index in [-0.39, 0.29) is 0 Å². The molecular weight excluding hydrogens is 167 g/mol. The van der Waals surface area contributed by atoms with Crippen LogP contribution in [-0.4, -0.2) is 6.18 Å². The van der Waals surface area contributed by atoms with Crippen LogP contribution in [0.2, 0.25) is 0 Å². The van der Waals surface area contributed by atoms with Crippen LogP contribution in [0.5, 0.6) is 0 Å². The number of allylic oxidation sites excluding steroid dienone is 4. The van der Waals surface area contributed by atoms with Gasteiger partial charge in [0.05, 0.1) is 17.2 Å². The van der Waals surface area contributed by atoms with Crippen molar-refractivity contribution in [3.8, 4) is 6.07 Å². The molecule has 0 aromatic heterocycles. The summed E-state index contributed by atoms with van der Waals surface area (Å²) in [5.41, 5.74) is -1.66. The Hall–Kier alpha value is -1.50. The first-order valence-corrected chi connectivity index (χ1v) is 2.92. The lowest BCUT2D eigenvalue weighted by Gasteiger charge is -2.07. The Morgan fingerprint density at radius 2 is 1.92 bits per heavy atom. The molecule has 0 aliphatic carbocycles. The molecule has 0 atom stereocenters. The van der Waals surface area contributed by atoms with E-state index in [2.05, 4.69) is 13.2 Å². The Morgan fingerprint density at radius 1 is 1.42 bits per heavy atom. The fourth-order valence-corrected chi connectivity index (χ4v) is 0.476. The van der Waals surface area contributed by atoms with E-state index in [1.807, 2.05) is 0 Å². The monoisotopic (exact) mass is 173 g/mol. The molecule has 0 heterocycles. The Bertz CT molecular complexity index is 265. The summed E-state index contributed by atoms with van der Waals surface area (Å²) in [5.74, 6) is 0. The van der Waals surface area contributed by atoms with Crippen LogP contribution in [0, 0.1) is 11.3 Å². The molecule has 0 unspecified atom stereocenters. The quantitative estimate of drug-likeness (QED) is 0.465. The third kappa shape index (κ3) is 2.62. The van der Waals surface area contributed by atoms with Crippen molar-refractivity contribution >= 4 is 0 Å². The van der Waals surface area contributed by atoms with Crippen LogP contribution in [-0.2, 0) is 0 Å². The maximum Gasteiger partial charge on any atom is 0.417 e. The van der Waals surface area contributed by atoms with Crippen LogP contribution < -0.4 is 0 Å². The third-order valence-electron chi connectivity index (χ3n) is 1.07. The average Bonchev–Trinajstić information content (AvgIpc) is 1.97. The lowest BCUT2D eigenvalue weighted by molar-refractivity contribution is -0.0885. The number of hydrogen-bond acceptors (Lipinski definition) is 1. The molecule has 0 saturated carbocycles. The van der Waals surface area contributed by atoms with E-state index in [0.29, 0.717) is 0 Å². The first kappa shape index (κ1) is 10.5. The zero-order chi connectivity index (χ0) is 9.78. The van der Waals surface area contributed by atoms with Crippen molar-refractivity contribution in [3.63, 3.8) is 0 Å². The summed E-state index contributed by atoms with van der Waals surface area (Å²) in [6.45, 7) is 5.93. The molecule has 64 valence electrons. The zero-order valence-corrected chi connectivity index (χ0v) is 6.15. The summed E-state index contributed by atoms with van der Waals surface area (Å²) in [7, 11) is 0. The van der Waals surface area contributed by atoms with Crippen LogP contribution >= 0.6 is 0 Å². The van der Waals surface area contributed by atoms with Crippen LogP contribution in [0.25, 0.3) is 0 Å². The molecule has 0 spiro atoms. The second-order valence-corrected chi connectivity index (χ2v) is 1.90. The molecule has 0 N–H and O–H groups in total. The Kier molecular flexibility index (Phi) is 3.30. The van der Waals surface area contributed by atoms with E-state index in [0.717, 1.165) is 12.2 Å². The molecule has 0 aromatic rings. The van der Waals surface area contributed by atoms with Gasteiger partial charge in [0, 0.05) is 0 Å². The largest absolute Gasteiger partial charge is 0.417 e. The van der Waals surface area contributed by atoms with E-state index >= 15 is 0 Å². The predicted molar refractivity (Wildman–Crippen MR) is 39.1 cm³/mol. The van der Waals surface area contributed by atoms with Crippen LogP contribution in [0.4, 0.5) is 13.2 Å². The molecule has 0 aromatic carbocycles. The molecule has 0 fully saturated rings. The van der Waals surface area contributed by atoms with Gasteiger partial charge in [0.25, 0.3) is 0 Å². The highest BCUT2D eigenvalue weighted by atomic mass is 19.4. The number of nitriles is 1. The maximum absolute atomic E-state index is 11.9. The van der Waals surface area contributed by atoms with Crippen molar-refractivity contribution in [2.24, 2.45) is 0 Å². The van der Waals surface area contributed by atoms with E-state index < -0.39 is 17.3 Å². The fourth-order valence-electron chi connectivity index (χ4n) is 0.476. The lowest BCUT2D eigenvalue weighted by atomic mass is 10.1. The van der Waals surface area contributed by atoms with Crippen molar-refractivity contribution in [2.75, 3.05) is 0 Å². The predicted octanol–water partition coefficient (Wildman–Crippen LogP) is 2.74. The van der Waals surface area contributed by atoms with Crippen LogP contribution in [0.15, 0.2) is 36.5 Å². The van der Waals surface area contributed by atoms with Crippen molar-refractivity contribution in [1.29, 1.82) is 5.26 Å². The summed E-state index contributed by atoms with van der Waals surface area (Å²) >= 11 is 0. The van der Waals surface area contributed by atoms with E-state index in [1.165, 1.54) is 6.07 Å². The molecule has 4 heteroatoms. The van der Waals surface area contributed by atoms with Gasteiger partial charge in [0.15, 0.2) is 0 Å². The van der Waals surface area contributed by atoms with E-state index in [9.17, 15) is 13.2 Å². The van der Waals surface area contributed by atoms with Crippen molar-refractivity contribution in [3.05, 3.63) is 36.5 Å². The van der Waals surface area contributed by atoms with Gasteiger partial charge in [-0.3, -0.25) is 0 Å². The molecule has 1 nitrogen and oxygen atoms in total. The Labute approximate surface area is 68.1 Å². The molecule has 0 aliphatic heterocycles. The van der Waals surface area contributed by atoms with E-state index in [1.54, 1.807) is 0 Å². The van der Waals surface area contributed by atoms with Gasteiger partial charge in [-0.1, -0.05) is 19.2 Å². The SMILES string of the molecule is C=C/C=C(/C#N)C(=C)C(F)(F)F. The molecule has 0 saturated heterocycles. The summed E-state index contributed by atoms with van der Waals surface area (Å²) in [6, 6.07) is 1.38. The lowest BCUT2D eigenvalue weighted by Crippen LogP contribution is -2.11. The number of alkyl halides is 3. The Balaban J connectivity index is 4.82. The van der Waals surface area contributed by atoms with Gasteiger partial charge in [-0.15, -0.1) is 0 Å². The first-order valence-electron chi connectivity index (χ1n) is 2.92. The van der Waals surface area contributed by atoms with Crippen LogP contribution in [0.3, 0.4) is 0 Å². The van der Waals surface area contributed by atoms with Crippen LogP contribution in [0.1, 0.15) is 0 Å². The minimum absolute atomic E-state index is 0.516. The second-order valence-electron chi connectivity index (χ2n) is 1.90. The van der Waals surface area contributed by atoms with Crippen molar-refractivity contribution < 1.29 is 13.2 Å². The molecule has 0 radical (unpaired) electrons. The normalized spacial score (nSPS) is 12.0. The minimum Gasteiger partial charge on any atom is -0.192 e. The summed E-state index contributed by atoms with van der Waals surface area (Å²) in [5, 5.41) is 8.26. The third-order valence-corrected chi connectivity index (χ3v) is 1.07. The Morgan fingerprint density at radius 3 is 2.17 bits per heavy atom. The highest BCUT2D eigenvalue weighted by Gasteiger charge is 2.33. The smallest absolute Gasteiger partial charge is 0.192 e. The molecule has 0 rings (SSSR count). The first-order chi connectivity index (χ1) is 5.43. The van der Waals surface area contributed by atoms with Crippen molar-refractivity contribution in [1.82, 2.24) is 0 Å². The highest BCUT2D eigenvalue weighted by Crippen LogP contribution is 2.29. The topological polar surface area (TPSA) is 23.8 Å². The van der Waals surface area contributed by atoms with Gasteiger partial charge in [-0.05, 0) is 6.08 Å². The van der Waals surface area contributed by atoms with E-state index in [4.69, 9.17) is 5.26 Å². The molecule has 0 amide bonds. The summed E-state index contributed by atoms with van der Waals surface area (Å²) in [6.07, 6.45) is -2.48. The van der Waals surface area contributed by atoms with Gasteiger partial charge >= 0.3 is 6.18 Å². The number of halogens is 3. The molecular formula is C8H6F3N. The van der Waals surface area contributed by atoms with Gasteiger partial charge in [-0.2, -0.15) is 18.4 Å². The number of nitrogens with zero attached hydrogens (tertiary/aromatic N) is 1. The molecule has 0 bridgehead atoms. The standard InChI is InChI=1S/C8H6F3N/c1-3-4-7(5-12)6(2)8(9,10)11/h3-4H,1-2H2/b7-4-. The fraction of sp³-hybridized carbons (Fsp3) is 0.125. The highest BCUT2D eigenvalue weighted by molar-refractivity contribution is 5.44. The zero-order valence-electron chi connectivity index (χ0n) is 6.15. The minimum atomic E-state index is -4.55. The summed E-state index contributed by atoms with van der Waals surface area (Å²) in [4.78, 5) is 0. The maximum atomic E-state index is 11.9. The average molecular weight is 173 g/mol. The second kappa shape index (κ2) is 3.77. The number of hydrogen-bond donors (Lipinski definition) is 0. The molecule has 12 heavy (non-hydrogen) atoms. The van der Waals surface area contributed by atoms with Gasteiger partial charge in [0.2, 0.25) is 0 Å². The molecule has 0 aliphatic rings. The van der Waals surface area contributed by atoms with Gasteiger partial charge < -0.3 is 0 Å². The van der Waals surface area contributed by atoms with Gasteiger partial charge in [0.1, 0.15) is 0 Å².